The van der Waals surface area contributed by atoms with Gasteiger partial charge < -0.3 is 15.0 Å². The van der Waals surface area contributed by atoms with E-state index in [4.69, 9.17) is 16.3 Å². The second-order valence-electron chi connectivity index (χ2n) is 6.36. The van der Waals surface area contributed by atoms with Crippen LogP contribution in [0.1, 0.15) is 28.8 Å². The monoisotopic (exact) mass is 372 g/mol. The van der Waals surface area contributed by atoms with Gasteiger partial charge >= 0.3 is 0 Å². The zero-order chi connectivity index (χ0) is 18.5. The highest BCUT2D eigenvalue weighted by atomic mass is 35.5. The van der Waals surface area contributed by atoms with Crippen LogP contribution in [0, 0.1) is 0 Å². The topological polar surface area (TPSA) is 58.6 Å². The van der Waals surface area contributed by atoms with Crippen LogP contribution >= 0.6 is 11.6 Å². The van der Waals surface area contributed by atoms with Crippen molar-refractivity contribution in [2.45, 2.75) is 25.5 Å². The Bertz CT molecular complexity index is 786. The summed E-state index contributed by atoms with van der Waals surface area (Å²) < 4.78 is 5.38. The summed E-state index contributed by atoms with van der Waals surface area (Å²) >= 11 is 5.89. The lowest BCUT2D eigenvalue weighted by Crippen LogP contribution is -2.28. The third kappa shape index (κ3) is 4.62. The summed E-state index contributed by atoms with van der Waals surface area (Å²) in [5.74, 6) is -0.283. The number of hydrogen-bond donors (Lipinski definition) is 1. The van der Waals surface area contributed by atoms with Crippen LogP contribution in [0.3, 0.4) is 0 Å². The van der Waals surface area contributed by atoms with Gasteiger partial charge in [-0.25, -0.2) is 0 Å². The number of hydrogen-bond acceptors (Lipinski definition) is 3. The smallest absolute Gasteiger partial charge is 0.253 e. The molecule has 0 aromatic heterocycles. The zero-order valence-electron chi connectivity index (χ0n) is 14.6. The van der Waals surface area contributed by atoms with Gasteiger partial charge in [-0.05, 0) is 48.7 Å². The third-order valence-corrected chi connectivity index (χ3v) is 4.53. The fraction of sp³-hybridized carbons (Fsp3) is 0.300. The fourth-order valence-corrected chi connectivity index (χ4v) is 3.02. The standard InChI is InChI=1S/C20H21ClN2O3/c1-23(13-14-7-9-16(21)10-8-14)20(25)15-4-2-5-17(12-15)22-19(24)18-6-3-11-26-18/h2,4-5,7-10,12,18H,3,6,11,13H2,1H3,(H,22,24). The van der Waals surface area contributed by atoms with E-state index in [2.05, 4.69) is 5.32 Å². The van der Waals surface area contributed by atoms with E-state index in [1.165, 1.54) is 0 Å². The number of carbonyl (C=O) groups excluding carboxylic acids is 2. The van der Waals surface area contributed by atoms with Crippen LogP contribution in [0.25, 0.3) is 0 Å². The van der Waals surface area contributed by atoms with Gasteiger partial charge in [0.1, 0.15) is 6.10 Å². The molecule has 1 fully saturated rings. The summed E-state index contributed by atoms with van der Waals surface area (Å²) in [5.41, 5.74) is 2.11. The van der Waals surface area contributed by atoms with Crippen molar-refractivity contribution >= 4 is 29.1 Å². The van der Waals surface area contributed by atoms with E-state index in [0.29, 0.717) is 29.4 Å². The first kappa shape index (κ1) is 18.4. The van der Waals surface area contributed by atoms with E-state index in [1.54, 1.807) is 48.3 Å². The highest BCUT2D eigenvalue weighted by molar-refractivity contribution is 6.30. The Morgan fingerprint density at radius 2 is 2.00 bits per heavy atom. The van der Waals surface area contributed by atoms with Gasteiger partial charge in [-0.2, -0.15) is 0 Å². The highest BCUT2D eigenvalue weighted by Gasteiger charge is 2.23. The summed E-state index contributed by atoms with van der Waals surface area (Å²) in [4.78, 5) is 26.5. The Labute approximate surface area is 157 Å². The van der Waals surface area contributed by atoms with Crippen LogP contribution in [0.15, 0.2) is 48.5 Å². The molecule has 0 radical (unpaired) electrons. The zero-order valence-corrected chi connectivity index (χ0v) is 15.3. The molecule has 0 saturated carbocycles. The van der Waals surface area contributed by atoms with E-state index in [0.717, 1.165) is 18.4 Å². The van der Waals surface area contributed by atoms with Gasteiger partial charge in [-0.1, -0.05) is 29.8 Å². The third-order valence-electron chi connectivity index (χ3n) is 4.28. The van der Waals surface area contributed by atoms with Gasteiger partial charge in [0.25, 0.3) is 11.8 Å². The molecule has 2 amide bonds. The van der Waals surface area contributed by atoms with E-state index in [-0.39, 0.29) is 11.8 Å². The van der Waals surface area contributed by atoms with Crippen molar-refractivity contribution in [3.05, 3.63) is 64.7 Å². The van der Waals surface area contributed by atoms with Gasteiger partial charge in [-0.15, -0.1) is 0 Å². The maximum atomic E-state index is 12.7. The molecular weight excluding hydrogens is 352 g/mol. The van der Waals surface area contributed by atoms with Gasteiger partial charge in [-0.3, -0.25) is 9.59 Å². The minimum atomic E-state index is -0.401. The predicted octanol–water partition coefficient (Wildman–Crippen LogP) is 3.73. The summed E-state index contributed by atoms with van der Waals surface area (Å²) in [6.07, 6.45) is 1.22. The number of anilines is 1. The van der Waals surface area contributed by atoms with Gasteiger partial charge in [0, 0.05) is 36.5 Å². The van der Waals surface area contributed by atoms with Crippen molar-refractivity contribution in [2.24, 2.45) is 0 Å². The minimum absolute atomic E-state index is 0.117. The molecule has 5 nitrogen and oxygen atoms in total. The summed E-state index contributed by atoms with van der Waals surface area (Å²) in [5, 5.41) is 3.49. The van der Waals surface area contributed by atoms with E-state index in [9.17, 15) is 9.59 Å². The first-order valence-electron chi connectivity index (χ1n) is 8.55. The van der Waals surface area contributed by atoms with E-state index in [1.807, 2.05) is 12.1 Å². The fourth-order valence-electron chi connectivity index (χ4n) is 2.89. The lowest BCUT2D eigenvalue weighted by atomic mass is 10.1. The number of carbonyl (C=O) groups is 2. The molecule has 6 heteroatoms. The molecule has 1 N–H and O–H groups in total. The van der Waals surface area contributed by atoms with Crippen molar-refractivity contribution in [3.63, 3.8) is 0 Å². The number of benzene rings is 2. The predicted molar refractivity (Wildman–Crippen MR) is 101 cm³/mol. The molecule has 1 saturated heterocycles. The molecule has 26 heavy (non-hydrogen) atoms. The summed E-state index contributed by atoms with van der Waals surface area (Å²) in [7, 11) is 1.74. The van der Waals surface area contributed by atoms with Crippen LogP contribution in [-0.2, 0) is 16.1 Å². The van der Waals surface area contributed by atoms with Crippen LogP contribution in [-0.4, -0.2) is 36.5 Å². The molecule has 0 aliphatic carbocycles. The molecule has 2 aromatic carbocycles. The van der Waals surface area contributed by atoms with Crippen LogP contribution < -0.4 is 5.32 Å². The molecule has 0 bridgehead atoms. The second kappa shape index (κ2) is 8.34. The van der Waals surface area contributed by atoms with Crippen LogP contribution in [0.5, 0.6) is 0 Å². The Kier molecular flexibility index (Phi) is 5.91. The molecule has 1 unspecified atom stereocenters. The first-order chi connectivity index (χ1) is 12.5. The summed E-state index contributed by atoms with van der Waals surface area (Å²) in [6, 6.07) is 14.3. The Morgan fingerprint density at radius 3 is 2.69 bits per heavy atom. The normalized spacial score (nSPS) is 16.3. The minimum Gasteiger partial charge on any atom is -0.368 e. The largest absolute Gasteiger partial charge is 0.368 e. The number of amides is 2. The van der Waals surface area contributed by atoms with E-state index < -0.39 is 6.10 Å². The average Bonchev–Trinajstić information content (AvgIpc) is 3.18. The maximum Gasteiger partial charge on any atom is 0.253 e. The average molecular weight is 373 g/mol. The highest BCUT2D eigenvalue weighted by Crippen LogP contribution is 2.18. The van der Waals surface area contributed by atoms with Crippen molar-refractivity contribution in [1.29, 1.82) is 0 Å². The number of nitrogens with one attached hydrogen (secondary N) is 1. The second-order valence-corrected chi connectivity index (χ2v) is 6.80. The van der Waals surface area contributed by atoms with Gasteiger partial charge in [0.05, 0.1) is 0 Å². The Morgan fingerprint density at radius 1 is 1.23 bits per heavy atom. The van der Waals surface area contributed by atoms with Gasteiger partial charge in [0.15, 0.2) is 0 Å². The lowest BCUT2D eigenvalue weighted by molar-refractivity contribution is -0.124. The molecule has 2 aromatic rings. The first-order valence-corrected chi connectivity index (χ1v) is 8.93. The summed E-state index contributed by atoms with van der Waals surface area (Å²) in [6.45, 7) is 1.09. The Hall–Kier alpha value is -2.37. The maximum absolute atomic E-state index is 12.7. The van der Waals surface area contributed by atoms with Crippen molar-refractivity contribution in [1.82, 2.24) is 4.90 Å². The molecule has 0 spiro atoms. The van der Waals surface area contributed by atoms with Crippen LogP contribution in [0.4, 0.5) is 5.69 Å². The number of nitrogens with zero attached hydrogens (tertiary/aromatic N) is 1. The van der Waals surface area contributed by atoms with E-state index >= 15 is 0 Å². The molecule has 136 valence electrons. The van der Waals surface area contributed by atoms with Gasteiger partial charge in [0.2, 0.25) is 0 Å². The number of ether oxygens (including phenoxy) is 1. The van der Waals surface area contributed by atoms with Crippen molar-refractivity contribution in [2.75, 3.05) is 19.0 Å². The number of rotatable bonds is 5. The molecule has 1 heterocycles. The molecule has 1 atom stereocenters. The molecule has 1 aliphatic heterocycles. The van der Waals surface area contributed by atoms with Crippen molar-refractivity contribution < 1.29 is 14.3 Å². The molecule has 1 aliphatic rings. The Balaban J connectivity index is 1.65. The van der Waals surface area contributed by atoms with Crippen molar-refractivity contribution in [3.8, 4) is 0 Å². The van der Waals surface area contributed by atoms with Crippen LogP contribution in [0.2, 0.25) is 5.02 Å². The molecule has 3 rings (SSSR count). The number of halogens is 1. The quantitative estimate of drug-likeness (QED) is 0.870. The lowest BCUT2D eigenvalue weighted by Gasteiger charge is -2.18. The molecular formula is C20H21ClN2O3. The SMILES string of the molecule is CN(Cc1ccc(Cl)cc1)C(=O)c1cccc(NC(=O)C2CCCO2)c1.